The molecule has 0 aliphatic carbocycles. The first-order chi connectivity index (χ1) is 15.3. The lowest BCUT2D eigenvalue weighted by molar-refractivity contribution is 0.102. The second-order valence-electron chi connectivity index (χ2n) is 7.30. The van der Waals surface area contributed by atoms with Crippen LogP contribution in [0.4, 0.5) is 14.5 Å². The number of nitrogens with one attached hydrogen (secondary N) is 1. The van der Waals surface area contributed by atoms with Crippen LogP contribution in [0.25, 0.3) is 0 Å². The van der Waals surface area contributed by atoms with Crippen LogP contribution in [-0.4, -0.2) is 35.4 Å². The van der Waals surface area contributed by atoms with E-state index in [0.717, 1.165) is 35.5 Å². The van der Waals surface area contributed by atoms with Crippen LogP contribution >= 0.6 is 11.3 Å². The minimum absolute atomic E-state index is 0.0414. The van der Waals surface area contributed by atoms with Gasteiger partial charge in [-0.25, -0.2) is 17.2 Å². The Kier molecular flexibility index (Phi) is 6.31. The Labute approximate surface area is 188 Å². The summed E-state index contributed by atoms with van der Waals surface area (Å²) in [6.45, 7) is 2.33. The zero-order valence-electron chi connectivity index (χ0n) is 17.1. The predicted octanol–water partition coefficient (Wildman–Crippen LogP) is 4.16. The molecule has 1 saturated heterocycles. The number of amides is 1. The number of halogens is 2. The molecule has 0 bridgehead atoms. The van der Waals surface area contributed by atoms with Crippen LogP contribution in [-0.2, 0) is 16.4 Å². The van der Waals surface area contributed by atoms with Gasteiger partial charge in [-0.15, -0.1) is 10.2 Å². The van der Waals surface area contributed by atoms with Crippen molar-refractivity contribution in [3.05, 3.63) is 69.7 Å². The van der Waals surface area contributed by atoms with E-state index in [-0.39, 0.29) is 15.6 Å². The summed E-state index contributed by atoms with van der Waals surface area (Å²) in [6.07, 6.45) is 2.01. The summed E-state index contributed by atoms with van der Waals surface area (Å²) in [4.78, 5) is 12.6. The highest BCUT2D eigenvalue weighted by Crippen LogP contribution is 2.37. The molecule has 1 amide bonds. The first-order valence-corrected chi connectivity index (χ1v) is 12.3. The summed E-state index contributed by atoms with van der Waals surface area (Å²) < 4.78 is 54.6. The van der Waals surface area contributed by atoms with Gasteiger partial charge in [0.05, 0.1) is 16.6 Å². The largest absolute Gasteiger partial charge is 0.317 e. The zero-order chi connectivity index (χ0) is 22.9. The standard InChI is InChI=1S/C21H20F2N4O3S2/c1-2-13-5-8-15(9-6-13)32(29,30)27-11-3-4-18(27)20-25-26-21(31-20)19(28)24-17-10-7-14(22)12-16(17)23/h5-10,12,18H,2-4,11H2,1H3,(H,24,28). The fraction of sp³-hybridized carbons (Fsp3) is 0.286. The molecule has 7 nitrogen and oxygen atoms in total. The number of aromatic nitrogens is 2. The lowest BCUT2D eigenvalue weighted by Crippen LogP contribution is -2.30. The van der Waals surface area contributed by atoms with Crippen molar-refractivity contribution < 1.29 is 22.0 Å². The number of carbonyl (C=O) groups is 1. The summed E-state index contributed by atoms with van der Waals surface area (Å²) in [6, 6.07) is 9.04. The number of benzene rings is 2. The smallest absolute Gasteiger partial charge is 0.286 e. The third-order valence-electron chi connectivity index (χ3n) is 5.24. The minimum Gasteiger partial charge on any atom is -0.317 e. The number of hydrogen-bond donors (Lipinski definition) is 1. The highest BCUT2D eigenvalue weighted by atomic mass is 32.2. The third kappa shape index (κ3) is 4.41. The van der Waals surface area contributed by atoms with E-state index in [4.69, 9.17) is 0 Å². The summed E-state index contributed by atoms with van der Waals surface area (Å²) in [5, 5.41) is 10.6. The molecule has 2 aromatic carbocycles. The maximum absolute atomic E-state index is 13.8. The van der Waals surface area contributed by atoms with Gasteiger partial charge in [-0.1, -0.05) is 30.4 Å². The van der Waals surface area contributed by atoms with E-state index in [1.165, 1.54) is 4.31 Å². The molecule has 1 unspecified atom stereocenters. The van der Waals surface area contributed by atoms with Gasteiger partial charge in [0, 0.05) is 12.6 Å². The zero-order valence-corrected chi connectivity index (χ0v) is 18.7. The molecular formula is C21H20F2N4O3S2. The second-order valence-corrected chi connectivity index (χ2v) is 10.2. The number of hydrogen-bond acceptors (Lipinski definition) is 6. The molecule has 1 N–H and O–H groups in total. The number of nitrogens with zero attached hydrogens (tertiary/aromatic N) is 3. The van der Waals surface area contributed by atoms with Crippen molar-refractivity contribution in [1.29, 1.82) is 0 Å². The molecule has 1 aliphatic rings. The van der Waals surface area contributed by atoms with Crippen LogP contribution in [0.15, 0.2) is 47.4 Å². The van der Waals surface area contributed by atoms with Crippen LogP contribution in [0.3, 0.4) is 0 Å². The molecule has 32 heavy (non-hydrogen) atoms. The number of aryl methyl sites for hydroxylation is 1. The molecule has 3 aromatic rings. The van der Waals surface area contributed by atoms with Crippen molar-refractivity contribution in [3.8, 4) is 0 Å². The Balaban J connectivity index is 1.54. The van der Waals surface area contributed by atoms with Crippen molar-refractivity contribution in [2.45, 2.75) is 37.1 Å². The van der Waals surface area contributed by atoms with E-state index in [0.29, 0.717) is 30.5 Å². The Bertz CT molecular complexity index is 1250. The quantitative estimate of drug-likeness (QED) is 0.575. The lowest BCUT2D eigenvalue weighted by Gasteiger charge is -2.22. The molecule has 0 saturated carbocycles. The van der Waals surface area contributed by atoms with Crippen molar-refractivity contribution >= 4 is 33.0 Å². The van der Waals surface area contributed by atoms with E-state index in [9.17, 15) is 22.0 Å². The molecule has 1 aliphatic heterocycles. The van der Waals surface area contributed by atoms with Crippen LogP contribution in [0.2, 0.25) is 0 Å². The number of rotatable bonds is 6. The first kappa shape index (κ1) is 22.4. The van der Waals surface area contributed by atoms with Gasteiger partial charge in [0.1, 0.15) is 16.6 Å². The Morgan fingerprint density at radius 3 is 2.62 bits per heavy atom. The first-order valence-electron chi connectivity index (χ1n) is 10.00. The number of carbonyl (C=O) groups excluding carboxylic acids is 1. The Morgan fingerprint density at radius 1 is 1.19 bits per heavy atom. The summed E-state index contributed by atoms with van der Waals surface area (Å²) in [5.41, 5.74) is 0.855. The molecular weight excluding hydrogens is 458 g/mol. The Hall–Kier alpha value is -2.76. The SMILES string of the molecule is CCc1ccc(S(=O)(=O)N2CCCC2c2nnc(C(=O)Nc3ccc(F)cc3F)s2)cc1. The maximum Gasteiger partial charge on any atom is 0.286 e. The normalized spacial score (nSPS) is 16.9. The fourth-order valence-corrected chi connectivity index (χ4v) is 6.15. The average molecular weight is 479 g/mol. The summed E-state index contributed by atoms with van der Waals surface area (Å²) >= 11 is 0.951. The second kappa shape index (κ2) is 9.00. The van der Waals surface area contributed by atoms with Crippen molar-refractivity contribution in [2.24, 2.45) is 0 Å². The molecule has 1 fully saturated rings. The van der Waals surface area contributed by atoms with Gasteiger partial charge in [-0.05, 0) is 49.1 Å². The van der Waals surface area contributed by atoms with Crippen molar-refractivity contribution in [3.63, 3.8) is 0 Å². The molecule has 11 heteroatoms. The highest BCUT2D eigenvalue weighted by molar-refractivity contribution is 7.89. The van der Waals surface area contributed by atoms with Gasteiger partial charge in [0.15, 0.2) is 0 Å². The molecule has 168 valence electrons. The monoisotopic (exact) mass is 478 g/mol. The van der Waals surface area contributed by atoms with Gasteiger partial charge in [-0.3, -0.25) is 4.79 Å². The topological polar surface area (TPSA) is 92.3 Å². The van der Waals surface area contributed by atoms with Gasteiger partial charge in [-0.2, -0.15) is 4.31 Å². The highest BCUT2D eigenvalue weighted by Gasteiger charge is 2.38. The van der Waals surface area contributed by atoms with Gasteiger partial charge in [0.2, 0.25) is 15.0 Å². The molecule has 0 spiro atoms. The van der Waals surface area contributed by atoms with Gasteiger partial charge in [0.25, 0.3) is 5.91 Å². The average Bonchev–Trinajstić information content (AvgIpc) is 3.45. The van der Waals surface area contributed by atoms with E-state index in [2.05, 4.69) is 15.5 Å². The van der Waals surface area contributed by atoms with E-state index in [1.54, 1.807) is 24.3 Å². The van der Waals surface area contributed by atoms with E-state index < -0.39 is 33.6 Å². The lowest BCUT2D eigenvalue weighted by atomic mass is 10.2. The predicted molar refractivity (Wildman–Crippen MR) is 116 cm³/mol. The minimum atomic E-state index is -3.74. The van der Waals surface area contributed by atoms with Gasteiger partial charge < -0.3 is 5.32 Å². The molecule has 4 rings (SSSR count). The fourth-order valence-electron chi connectivity index (χ4n) is 3.53. The summed E-state index contributed by atoms with van der Waals surface area (Å²) in [7, 11) is -3.74. The van der Waals surface area contributed by atoms with Crippen molar-refractivity contribution in [1.82, 2.24) is 14.5 Å². The maximum atomic E-state index is 13.8. The molecule has 2 heterocycles. The number of anilines is 1. The van der Waals surface area contributed by atoms with E-state index >= 15 is 0 Å². The molecule has 0 radical (unpaired) electrons. The van der Waals surface area contributed by atoms with Gasteiger partial charge >= 0.3 is 0 Å². The summed E-state index contributed by atoms with van der Waals surface area (Å²) in [5.74, 6) is -2.38. The Morgan fingerprint density at radius 2 is 1.94 bits per heavy atom. The van der Waals surface area contributed by atoms with Crippen molar-refractivity contribution in [2.75, 3.05) is 11.9 Å². The van der Waals surface area contributed by atoms with Crippen LogP contribution in [0, 0.1) is 11.6 Å². The molecule has 1 aromatic heterocycles. The third-order valence-corrected chi connectivity index (χ3v) is 8.19. The molecule has 1 atom stereocenters. The van der Waals surface area contributed by atoms with E-state index in [1.807, 2.05) is 6.92 Å². The van der Waals surface area contributed by atoms with Crippen LogP contribution in [0.5, 0.6) is 0 Å². The van der Waals surface area contributed by atoms with Crippen LogP contribution in [0.1, 0.15) is 46.2 Å². The number of sulfonamides is 1. The van der Waals surface area contributed by atoms with Crippen LogP contribution < -0.4 is 5.32 Å².